The van der Waals surface area contributed by atoms with Crippen LogP contribution in [0.5, 0.6) is 5.75 Å². The number of carbonyl (C=O) groups is 1. The topological polar surface area (TPSA) is 99.1 Å². The summed E-state index contributed by atoms with van der Waals surface area (Å²) in [4.78, 5) is 14.1. The van der Waals surface area contributed by atoms with Crippen LogP contribution in [0.3, 0.4) is 0 Å². The molecule has 0 aliphatic rings. The maximum atomic E-state index is 12.4. The maximum Gasteiger partial charge on any atom is 0.227 e. The Morgan fingerprint density at radius 1 is 1.43 bits per heavy atom. The highest BCUT2D eigenvalue weighted by atomic mass is 16.4. The number of rotatable bonds is 7. The Balaban J connectivity index is 2.70. The number of benzene rings is 1. The predicted molar refractivity (Wildman–Crippen MR) is 81.3 cm³/mol. The van der Waals surface area contributed by atoms with Gasteiger partial charge in [-0.05, 0) is 23.6 Å². The highest BCUT2D eigenvalue weighted by Gasteiger charge is 2.16. The van der Waals surface area contributed by atoms with E-state index >= 15 is 0 Å². The van der Waals surface area contributed by atoms with Crippen LogP contribution in [-0.4, -0.2) is 40.0 Å². The molecule has 1 aromatic rings. The fourth-order valence-corrected chi connectivity index (χ4v) is 2.01. The summed E-state index contributed by atoms with van der Waals surface area (Å²) in [5.74, 6) is 0.534. The molecule has 0 spiro atoms. The number of nitrogens with zero attached hydrogens (tertiary/aromatic N) is 2. The minimum Gasteiger partial charge on any atom is -0.508 e. The van der Waals surface area contributed by atoms with Gasteiger partial charge in [0.1, 0.15) is 11.6 Å². The van der Waals surface area contributed by atoms with Crippen molar-refractivity contribution >= 4 is 11.7 Å². The van der Waals surface area contributed by atoms with Crippen molar-refractivity contribution in [1.82, 2.24) is 4.90 Å². The number of amides is 1. The number of carbonyl (C=O) groups excluding carboxylic acids is 1. The number of aromatic hydroxyl groups is 1. The van der Waals surface area contributed by atoms with E-state index < -0.39 is 0 Å². The van der Waals surface area contributed by atoms with Crippen molar-refractivity contribution in [1.29, 1.82) is 0 Å². The van der Waals surface area contributed by atoms with Gasteiger partial charge in [-0.2, -0.15) is 0 Å². The van der Waals surface area contributed by atoms with E-state index in [0.29, 0.717) is 25.4 Å². The van der Waals surface area contributed by atoms with Crippen LogP contribution in [-0.2, 0) is 11.2 Å². The molecule has 0 bridgehead atoms. The van der Waals surface area contributed by atoms with Crippen molar-refractivity contribution in [2.24, 2.45) is 16.8 Å². The van der Waals surface area contributed by atoms with E-state index in [2.05, 4.69) is 5.16 Å². The molecule has 0 heterocycles. The van der Waals surface area contributed by atoms with Crippen LogP contribution < -0.4 is 5.73 Å². The first-order valence-corrected chi connectivity index (χ1v) is 6.94. The highest BCUT2D eigenvalue weighted by Crippen LogP contribution is 2.13. The molecule has 0 aromatic heterocycles. The van der Waals surface area contributed by atoms with Crippen molar-refractivity contribution in [2.75, 3.05) is 13.1 Å². The molecule has 0 aliphatic carbocycles. The molecule has 1 aromatic carbocycles. The summed E-state index contributed by atoms with van der Waals surface area (Å²) in [6, 6.07) is 6.66. The Labute approximate surface area is 124 Å². The largest absolute Gasteiger partial charge is 0.508 e. The third-order valence-corrected chi connectivity index (χ3v) is 2.97. The van der Waals surface area contributed by atoms with Crippen LogP contribution in [0.25, 0.3) is 0 Å². The van der Waals surface area contributed by atoms with Crippen LogP contribution in [0.2, 0.25) is 0 Å². The molecule has 116 valence electrons. The van der Waals surface area contributed by atoms with Crippen LogP contribution in [0.15, 0.2) is 29.4 Å². The lowest BCUT2D eigenvalue weighted by atomic mass is 10.1. The van der Waals surface area contributed by atoms with E-state index in [9.17, 15) is 9.90 Å². The van der Waals surface area contributed by atoms with Crippen LogP contribution in [0, 0.1) is 5.92 Å². The second kappa shape index (κ2) is 8.14. The number of amidine groups is 1. The van der Waals surface area contributed by atoms with Gasteiger partial charge in [-0.1, -0.05) is 31.1 Å². The first-order chi connectivity index (χ1) is 9.92. The van der Waals surface area contributed by atoms with Crippen LogP contribution in [0.4, 0.5) is 0 Å². The van der Waals surface area contributed by atoms with E-state index in [4.69, 9.17) is 10.9 Å². The van der Waals surface area contributed by atoms with E-state index in [-0.39, 0.29) is 23.9 Å². The average Bonchev–Trinajstić information content (AvgIpc) is 2.42. The molecule has 21 heavy (non-hydrogen) atoms. The normalized spacial score (nSPS) is 11.7. The number of nitrogens with two attached hydrogens (primary N) is 1. The Bertz CT molecular complexity index is 501. The van der Waals surface area contributed by atoms with Gasteiger partial charge in [-0.15, -0.1) is 0 Å². The Morgan fingerprint density at radius 3 is 2.71 bits per heavy atom. The van der Waals surface area contributed by atoms with Gasteiger partial charge < -0.3 is 20.9 Å². The van der Waals surface area contributed by atoms with Gasteiger partial charge in [0.05, 0.1) is 6.42 Å². The zero-order valence-corrected chi connectivity index (χ0v) is 12.5. The van der Waals surface area contributed by atoms with Gasteiger partial charge in [0.15, 0.2) is 0 Å². The molecule has 0 saturated carbocycles. The molecule has 0 unspecified atom stereocenters. The summed E-state index contributed by atoms with van der Waals surface area (Å²) < 4.78 is 0. The quantitative estimate of drug-likeness (QED) is 0.307. The third kappa shape index (κ3) is 6.16. The minimum absolute atomic E-state index is 0.0416. The number of phenols is 1. The molecule has 0 saturated heterocycles. The molecule has 0 fully saturated rings. The fourth-order valence-electron chi connectivity index (χ4n) is 2.01. The highest BCUT2D eigenvalue weighted by molar-refractivity contribution is 5.82. The van der Waals surface area contributed by atoms with Crippen molar-refractivity contribution in [3.05, 3.63) is 29.8 Å². The molecule has 0 aliphatic heterocycles. The zero-order valence-electron chi connectivity index (χ0n) is 12.5. The first-order valence-electron chi connectivity index (χ1n) is 6.94. The van der Waals surface area contributed by atoms with Gasteiger partial charge in [0.25, 0.3) is 0 Å². The first kappa shape index (κ1) is 16.8. The second-order valence-electron chi connectivity index (χ2n) is 5.42. The average molecular weight is 293 g/mol. The lowest BCUT2D eigenvalue weighted by Gasteiger charge is -2.24. The Morgan fingerprint density at radius 2 is 2.14 bits per heavy atom. The van der Waals surface area contributed by atoms with E-state index in [1.807, 2.05) is 13.8 Å². The van der Waals surface area contributed by atoms with Crippen molar-refractivity contribution in [3.8, 4) is 5.75 Å². The van der Waals surface area contributed by atoms with Gasteiger partial charge in [-0.3, -0.25) is 4.79 Å². The summed E-state index contributed by atoms with van der Waals surface area (Å²) in [6.45, 7) is 5.07. The standard InChI is InChI=1S/C15H23N3O3/c1-11(2)10-18(7-6-14(16)17-21)15(20)9-12-4-3-5-13(19)8-12/h3-5,8,11,19,21H,6-7,9-10H2,1-2H3,(H2,16,17). The van der Waals surface area contributed by atoms with E-state index in [0.717, 1.165) is 5.56 Å². The molecular formula is C15H23N3O3. The van der Waals surface area contributed by atoms with E-state index in [1.54, 1.807) is 29.2 Å². The van der Waals surface area contributed by atoms with Gasteiger partial charge in [0.2, 0.25) is 5.91 Å². The van der Waals surface area contributed by atoms with Gasteiger partial charge in [-0.25, -0.2) is 0 Å². The summed E-state index contributed by atoms with van der Waals surface area (Å²) in [5, 5.41) is 20.9. The monoisotopic (exact) mass is 293 g/mol. The summed E-state index contributed by atoms with van der Waals surface area (Å²) in [5.41, 5.74) is 6.22. The molecule has 6 nitrogen and oxygen atoms in total. The molecular weight excluding hydrogens is 270 g/mol. The number of hydrogen-bond acceptors (Lipinski definition) is 4. The number of phenolic OH excluding ortho intramolecular Hbond substituents is 1. The summed E-state index contributed by atoms with van der Waals surface area (Å²) in [6.07, 6.45) is 0.548. The molecule has 6 heteroatoms. The molecule has 1 rings (SSSR count). The Kier molecular flexibility index (Phi) is 6.52. The molecule has 4 N–H and O–H groups in total. The van der Waals surface area contributed by atoms with Crippen LogP contribution in [0.1, 0.15) is 25.8 Å². The predicted octanol–water partition coefficient (Wildman–Crippen LogP) is 1.56. The van der Waals surface area contributed by atoms with E-state index in [1.165, 1.54) is 0 Å². The molecule has 0 radical (unpaired) electrons. The number of hydrogen-bond donors (Lipinski definition) is 3. The Hall–Kier alpha value is -2.24. The molecule has 1 amide bonds. The van der Waals surface area contributed by atoms with Crippen molar-refractivity contribution < 1.29 is 15.1 Å². The van der Waals surface area contributed by atoms with Crippen molar-refractivity contribution in [3.63, 3.8) is 0 Å². The SMILES string of the molecule is CC(C)CN(CCC(N)=NO)C(=O)Cc1cccc(O)c1. The lowest BCUT2D eigenvalue weighted by molar-refractivity contribution is -0.130. The van der Waals surface area contributed by atoms with Gasteiger partial charge >= 0.3 is 0 Å². The summed E-state index contributed by atoms with van der Waals surface area (Å²) in [7, 11) is 0. The zero-order chi connectivity index (χ0) is 15.8. The van der Waals surface area contributed by atoms with Crippen LogP contribution >= 0.6 is 0 Å². The smallest absolute Gasteiger partial charge is 0.227 e. The minimum atomic E-state index is -0.0416. The summed E-state index contributed by atoms with van der Waals surface area (Å²) >= 11 is 0. The van der Waals surface area contributed by atoms with Crippen molar-refractivity contribution in [2.45, 2.75) is 26.7 Å². The molecule has 0 atom stereocenters. The lowest BCUT2D eigenvalue weighted by Crippen LogP contribution is -2.37. The maximum absolute atomic E-state index is 12.4. The third-order valence-electron chi connectivity index (χ3n) is 2.97. The number of oxime groups is 1. The van der Waals surface area contributed by atoms with Gasteiger partial charge in [0, 0.05) is 19.5 Å². The fraction of sp³-hybridized carbons (Fsp3) is 0.467. The second-order valence-corrected chi connectivity index (χ2v) is 5.42.